The maximum absolute atomic E-state index is 5.03. The number of rotatable bonds is 1. The summed E-state index contributed by atoms with van der Waals surface area (Å²) in [4.78, 5) is 0. The summed E-state index contributed by atoms with van der Waals surface area (Å²) in [6.07, 6.45) is 1.10. The van der Waals surface area contributed by atoms with Gasteiger partial charge >= 0.3 is 0 Å². The van der Waals surface area contributed by atoms with Crippen LogP contribution in [-0.4, -0.2) is 6.54 Å². The average molecular weight is 61.1 g/mol. The summed E-state index contributed by atoms with van der Waals surface area (Å²) in [5.41, 5.74) is 5.03. The van der Waals surface area contributed by atoms with Gasteiger partial charge in [-0.3, -0.25) is 0 Å². The Morgan fingerprint density at radius 3 is 2.25 bits per heavy atom. The smallest absolute Gasteiger partial charge is 0.00799 e. The third-order valence-electron chi connectivity index (χ3n) is 0.289. The second-order valence-electron chi connectivity index (χ2n) is 0.789. The van der Waals surface area contributed by atoms with Gasteiger partial charge in [0.15, 0.2) is 0 Å². The fourth-order valence-electron chi connectivity index (χ4n) is 0. The van der Waals surface area contributed by atoms with Gasteiger partial charge in [0, 0.05) is 0 Å². The van der Waals surface area contributed by atoms with Crippen LogP contribution >= 0.6 is 0 Å². The SMILES string of the molecule is CC[14CH2]N. The van der Waals surface area contributed by atoms with E-state index in [1.165, 1.54) is 0 Å². The maximum Gasteiger partial charge on any atom is -0.00799 e. The minimum absolute atomic E-state index is 0.819. The Kier molecular flexibility index (Phi) is 2.93. The van der Waals surface area contributed by atoms with Gasteiger partial charge in [-0.1, -0.05) is 6.92 Å². The third-order valence-corrected chi connectivity index (χ3v) is 0.289. The van der Waals surface area contributed by atoms with Crippen LogP contribution in [0.2, 0.25) is 0 Å². The Hall–Kier alpha value is -0.0400. The quantitative estimate of drug-likeness (QED) is 0.465. The van der Waals surface area contributed by atoms with Gasteiger partial charge in [-0.2, -0.15) is 0 Å². The molecule has 0 amide bonds. The Bertz CT molecular complexity index is 5.25. The van der Waals surface area contributed by atoms with Crippen LogP contribution in [0, 0.1) is 0 Å². The van der Waals surface area contributed by atoms with E-state index in [0.29, 0.717) is 0 Å². The molecular formula is C3H9N. The number of nitrogens with two attached hydrogens (primary N) is 1. The van der Waals surface area contributed by atoms with E-state index in [1.54, 1.807) is 0 Å². The summed E-state index contributed by atoms with van der Waals surface area (Å²) in [5, 5.41) is 0. The van der Waals surface area contributed by atoms with E-state index in [-0.39, 0.29) is 0 Å². The van der Waals surface area contributed by atoms with Crippen molar-refractivity contribution in [2.45, 2.75) is 13.3 Å². The fraction of sp³-hybridized carbons (Fsp3) is 1.00. The van der Waals surface area contributed by atoms with E-state index >= 15 is 0 Å². The predicted molar refractivity (Wildman–Crippen MR) is 19.3 cm³/mol. The van der Waals surface area contributed by atoms with Gasteiger partial charge in [0.1, 0.15) is 0 Å². The molecule has 0 aromatic carbocycles. The summed E-state index contributed by atoms with van der Waals surface area (Å²) < 4.78 is 0. The Morgan fingerprint density at radius 1 is 2.00 bits per heavy atom. The Labute approximate surface area is 26.8 Å². The predicted octanol–water partition coefficient (Wildman–Crippen LogP) is 0.355. The second-order valence-corrected chi connectivity index (χ2v) is 0.789. The van der Waals surface area contributed by atoms with Crippen LogP contribution in [0.3, 0.4) is 0 Å². The van der Waals surface area contributed by atoms with Crippen LogP contribution in [0.4, 0.5) is 0 Å². The molecule has 1 heteroatoms. The Morgan fingerprint density at radius 2 is 2.25 bits per heavy atom. The molecule has 1 nitrogen and oxygen atoms in total. The van der Waals surface area contributed by atoms with Crippen LogP contribution in [0.5, 0.6) is 0 Å². The summed E-state index contributed by atoms with van der Waals surface area (Å²) in [7, 11) is 0. The first-order chi connectivity index (χ1) is 1.91. The zero-order valence-corrected chi connectivity index (χ0v) is 2.99. The summed E-state index contributed by atoms with van der Waals surface area (Å²) >= 11 is 0. The first kappa shape index (κ1) is 3.96. The molecule has 0 bridgehead atoms. The lowest BCUT2D eigenvalue weighted by atomic mass is 10.8. The molecule has 0 radical (unpaired) electrons. The molecule has 0 aliphatic carbocycles. The standard InChI is InChI=1S/C3H9N/c1-2-3-4/h2-4H2,1H3/i3+2. The molecule has 0 fully saturated rings. The van der Waals surface area contributed by atoms with E-state index in [4.69, 9.17) is 5.73 Å². The van der Waals surface area contributed by atoms with Crippen molar-refractivity contribution in [1.82, 2.24) is 0 Å². The van der Waals surface area contributed by atoms with Crippen molar-refractivity contribution in [1.29, 1.82) is 0 Å². The molecule has 0 atom stereocenters. The lowest BCUT2D eigenvalue weighted by molar-refractivity contribution is 0.932. The van der Waals surface area contributed by atoms with E-state index in [1.807, 2.05) is 0 Å². The fourth-order valence-corrected chi connectivity index (χ4v) is 0. The molecule has 2 N–H and O–H groups in total. The lowest BCUT2D eigenvalue weighted by Gasteiger charge is -1.70. The van der Waals surface area contributed by atoms with Crippen molar-refractivity contribution in [3.8, 4) is 0 Å². The molecule has 0 spiro atoms. The van der Waals surface area contributed by atoms with Gasteiger partial charge in [-0.25, -0.2) is 0 Å². The van der Waals surface area contributed by atoms with Crippen LogP contribution in [0.15, 0.2) is 0 Å². The zero-order chi connectivity index (χ0) is 3.41. The highest BCUT2D eigenvalue weighted by atomic mass is 15.2. The minimum Gasteiger partial charge on any atom is -0.330 e. The van der Waals surface area contributed by atoms with E-state index in [9.17, 15) is 0 Å². The summed E-state index contributed by atoms with van der Waals surface area (Å²) in [5.74, 6) is 0. The van der Waals surface area contributed by atoms with Gasteiger partial charge in [0.05, 0.1) is 0 Å². The van der Waals surface area contributed by atoms with E-state index < -0.39 is 0 Å². The minimum atomic E-state index is 0.819. The second kappa shape index (κ2) is 2.96. The molecule has 0 unspecified atom stereocenters. The highest BCUT2D eigenvalue weighted by Gasteiger charge is 1.55. The van der Waals surface area contributed by atoms with Gasteiger partial charge in [0.2, 0.25) is 0 Å². The molecule has 0 aromatic heterocycles. The maximum atomic E-state index is 5.03. The molecule has 0 aliphatic rings. The van der Waals surface area contributed by atoms with Crippen molar-refractivity contribution in [3.05, 3.63) is 0 Å². The van der Waals surface area contributed by atoms with Crippen LogP contribution < -0.4 is 5.73 Å². The highest BCUT2D eigenvalue weighted by Crippen LogP contribution is 1.57. The highest BCUT2D eigenvalue weighted by molar-refractivity contribution is 4.19. The molecule has 0 rings (SSSR count). The molecule has 26 valence electrons. The van der Waals surface area contributed by atoms with Crippen molar-refractivity contribution in [2.24, 2.45) is 5.73 Å². The van der Waals surface area contributed by atoms with Crippen LogP contribution in [0.25, 0.3) is 0 Å². The Balaban J connectivity index is 1.97. The van der Waals surface area contributed by atoms with Crippen LogP contribution in [-0.2, 0) is 0 Å². The van der Waals surface area contributed by atoms with E-state index in [0.717, 1.165) is 13.0 Å². The van der Waals surface area contributed by atoms with Crippen molar-refractivity contribution >= 4 is 0 Å². The van der Waals surface area contributed by atoms with Crippen molar-refractivity contribution in [2.75, 3.05) is 6.54 Å². The van der Waals surface area contributed by atoms with Gasteiger partial charge in [0.25, 0.3) is 0 Å². The van der Waals surface area contributed by atoms with Gasteiger partial charge in [-0.15, -0.1) is 0 Å². The molecule has 0 saturated carbocycles. The molecule has 4 heavy (non-hydrogen) atoms. The summed E-state index contributed by atoms with van der Waals surface area (Å²) in [6.45, 7) is 2.88. The molecular weight excluding hydrogens is 52.0 g/mol. The van der Waals surface area contributed by atoms with Gasteiger partial charge < -0.3 is 5.73 Å². The molecule has 0 heterocycles. The monoisotopic (exact) mass is 61.1 g/mol. The van der Waals surface area contributed by atoms with Crippen molar-refractivity contribution < 1.29 is 0 Å². The first-order valence-corrected chi connectivity index (χ1v) is 1.62. The number of hydrogen-bond donors (Lipinski definition) is 1. The normalized spacial score (nSPS) is 7.50. The zero-order valence-electron chi connectivity index (χ0n) is 2.99. The molecule has 0 aliphatic heterocycles. The first-order valence-electron chi connectivity index (χ1n) is 1.62. The molecule has 0 aromatic rings. The number of hydrogen-bond acceptors (Lipinski definition) is 1. The van der Waals surface area contributed by atoms with Gasteiger partial charge in [-0.05, 0) is 13.0 Å². The summed E-state index contributed by atoms with van der Waals surface area (Å²) in [6, 6.07) is 0. The topological polar surface area (TPSA) is 26.0 Å². The lowest BCUT2D eigenvalue weighted by Crippen LogP contribution is -1.93. The van der Waals surface area contributed by atoms with Crippen LogP contribution in [0.1, 0.15) is 13.3 Å². The largest absolute Gasteiger partial charge is 0.330 e. The van der Waals surface area contributed by atoms with E-state index in [2.05, 4.69) is 6.92 Å². The average Bonchev–Trinajstić information content (AvgIpc) is 1.37. The third kappa shape index (κ3) is 1.96. The van der Waals surface area contributed by atoms with Crippen molar-refractivity contribution in [3.63, 3.8) is 0 Å². The molecule has 0 saturated heterocycles.